The van der Waals surface area contributed by atoms with E-state index in [1.54, 1.807) is 0 Å². The minimum atomic E-state index is -4.94. The third-order valence-electron chi connectivity index (χ3n) is 4.01. The summed E-state index contributed by atoms with van der Waals surface area (Å²) in [4.78, 5) is 24.0. The number of Topliss-reactive ketones (excluding diaryl/α,β-unsaturated/α-hetero) is 1. The molecule has 0 bridgehead atoms. The summed E-state index contributed by atoms with van der Waals surface area (Å²) in [5.41, 5.74) is -2.94. The van der Waals surface area contributed by atoms with E-state index in [-0.39, 0.29) is 11.3 Å². The van der Waals surface area contributed by atoms with Gasteiger partial charge in [0.15, 0.2) is 5.54 Å². The van der Waals surface area contributed by atoms with Crippen molar-refractivity contribution in [3.8, 4) is 5.75 Å². The number of anilines is 1. The van der Waals surface area contributed by atoms with Gasteiger partial charge in [0, 0.05) is 17.1 Å². The van der Waals surface area contributed by atoms with E-state index >= 15 is 0 Å². The van der Waals surface area contributed by atoms with Gasteiger partial charge in [0.2, 0.25) is 0 Å². The summed E-state index contributed by atoms with van der Waals surface area (Å²) in [6, 6.07) is 9.71. The van der Waals surface area contributed by atoms with Gasteiger partial charge in [-0.15, -0.1) is 0 Å². The van der Waals surface area contributed by atoms with Gasteiger partial charge in [-0.25, -0.2) is 4.79 Å². The topological polar surface area (TPSA) is 67.4 Å². The molecule has 0 radical (unpaired) electrons. The van der Waals surface area contributed by atoms with Crippen molar-refractivity contribution in [2.75, 3.05) is 12.4 Å². The van der Waals surface area contributed by atoms with Gasteiger partial charge in [-0.05, 0) is 48.9 Å². The Hall–Kier alpha value is -2.74. The van der Waals surface area contributed by atoms with E-state index in [2.05, 4.69) is 5.32 Å². The van der Waals surface area contributed by atoms with E-state index in [4.69, 9.17) is 16.3 Å². The fourth-order valence-corrected chi connectivity index (χ4v) is 2.82. The van der Waals surface area contributed by atoms with Crippen LogP contribution >= 0.6 is 11.6 Å². The first-order valence-electron chi connectivity index (χ1n) is 8.13. The first-order valence-corrected chi connectivity index (χ1v) is 8.50. The summed E-state index contributed by atoms with van der Waals surface area (Å²) in [6.07, 6.45) is -5.90. The maximum absolute atomic E-state index is 14.1. The SMILES string of the molecule is COc1ccc(C(CC(C)=O)(NC(=O)Nc2ccc(Cl)cc2)C(F)(F)F)cc1. The van der Waals surface area contributed by atoms with Crippen molar-refractivity contribution >= 4 is 29.1 Å². The number of ether oxygens (including phenoxy) is 1. The van der Waals surface area contributed by atoms with E-state index in [9.17, 15) is 22.8 Å². The van der Waals surface area contributed by atoms with Crippen LogP contribution in [0, 0.1) is 0 Å². The molecule has 0 aliphatic carbocycles. The van der Waals surface area contributed by atoms with Crippen LogP contribution in [-0.2, 0) is 10.3 Å². The van der Waals surface area contributed by atoms with Gasteiger partial charge >= 0.3 is 12.2 Å². The van der Waals surface area contributed by atoms with Crippen molar-refractivity contribution in [1.82, 2.24) is 5.32 Å². The molecule has 0 heterocycles. The summed E-state index contributed by atoms with van der Waals surface area (Å²) in [7, 11) is 1.37. The Balaban J connectivity index is 2.41. The summed E-state index contributed by atoms with van der Waals surface area (Å²) < 4.78 is 47.3. The number of benzene rings is 2. The second kappa shape index (κ2) is 8.52. The van der Waals surface area contributed by atoms with Gasteiger partial charge in [0.1, 0.15) is 11.5 Å². The molecule has 2 aromatic rings. The van der Waals surface area contributed by atoms with Crippen molar-refractivity contribution in [3.05, 3.63) is 59.1 Å². The standard InChI is InChI=1S/C19H18ClF3N2O3/c1-12(26)11-18(19(21,22)23,13-3-9-16(28-2)10-4-13)25-17(27)24-15-7-5-14(20)6-8-15/h3-10H,11H2,1-2H3,(H2,24,25,27). The third-order valence-corrected chi connectivity index (χ3v) is 4.26. The lowest BCUT2D eigenvalue weighted by Crippen LogP contribution is -2.58. The Labute approximate surface area is 164 Å². The Morgan fingerprint density at radius 2 is 1.61 bits per heavy atom. The van der Waals surface area contributed by atoms with Gasteiger partial charge in [-0.3, -0.25) is 4.79 Å². The number of amides is 2. The van der Waals surface area contributed by atoms with Crippen LogP contribution in [0.5, 0.6) is 5.75 Å². The minimum Gasteiger partial charge on any atom is -0.497 e. The molecule has 1 atom stereocenters. The van der Waals surface area contributed by atoms with E-state index in [1.807, 2.05) is 5.32 Å². The highest BCUT2D eigenvalue weighted by Crippen LogP contribution is 2.42. The fourth-order valence-electron chi connectivity index (χ4n) is 2.69. The number of alkyl halides is 3. The predicted octanol–water partition coefficient (Wildman–Crippen LogP) is 4.91. The Kier molecular flexibility index (Phi) is 6.56. The Morgan fingerprint density at radius 3 is 2.07 bits per heavy atom. The molecule has 0 aliphatic heterocycles. The molecule has 0 saturated heterocycles. The number of nitrogens with one attached hydrogen (secondary N) is 2. The number of carbonyl (C=O) groups excluding carboxylic acids is 2. The van der Waals surface area contributed by atoms with Crippen LogP contribution in [0.3, 0.4) is 0 Å². The summed E-state index contributed by atoms with van der Waals surface area (Å²) in [5.74, 6) is -0.395. The first kappa shape index (κ1) is 21.6. The van der Waals surface area contributed by atoms with Crippen LogP contribution in [-0.4, -0.2) is 25.1 Å². The van der Waals surface area contributed by atoms with E-state index in [0.29, 0.717) is 10.8 Å². The maximum Gasteiger partial charge on any atom is 0.416 e. The van der Waals surface area contributed by atoms with Crippen molar-refractivity contribution in [1.29, 1.82) is 0 Å². The van der Waals surface area contributed by atoms with Gasteiger partial charge in [0.25, 0.3) is 0 Å². The molecule has 2 amide bonds. The van der Waals surface area contributed by atoms with Crippen LogP contribution in [0.15, 0.2) is 48.5 Å². The number of carbonyl (C=O) groups is 2. The molecular formula is C19H18ClF3N2O3. The number of hydrogen-bond acceptors (Lipinski definition) is 3. The molecule has 2 rings (SSSR count). The monoisotopic (exact) mass is 414 g/mol. The molecule has 2 N–H and O–H groups in total. The first-order chi connectivity index (χ1) is 13.1. The fraction of sp³-hybridized carbons (Fsp3) is 0.263. The van der Waals surface area contributed by atoms with Crippen LogP contribution in [0.1, 0.15) is 18.9 Å². The predicted molar refractivity (Wildman–Crippen MR) is 99.6 cm³/mol. The number of hydrogen-bond donors (Lipinski definition) is 2. The number of urea groups is 1. The third kappa shape index (κ3) is 4.95. The van der Waals surface area contributed by atoms with E-state index in [1.165, 1.54) is 43.5 Å². The molecule has 0 fully saturated rings. The highest BCUT2D eigenvalue weighted by Gasteiger charge is 2.57. The summed E-state index contributed by atoms with van der Waals surface area (Å²) in [5, 5.41) is 4.67. The lowest BCUT2D eigenvalue weighted by atomic mass is 9.84. The van der Waals surface area contributed by atoms with E-state index in [0.717, 1.165) is 19.1 Å². The van der Waals surface area contributed by atoms with Gasteiger partial charge < -0.3 is 15.4 Å². The quantitative estimate of drug-likeness (QED) is 0.706. The minimum absolute atomic E-state index is 0.246. The highest BCUT2D eigenvalue weighted by atomic mass is 35.5. The zero-order valence-electron chi connectivity index (χ0n) is 15.1. The normalized spacial score (nSPS) is 13.4. The van der Waals surface area contributed by atoms with Gasteiger partial charge in [-0.2, -0.15) is 13.2 Å². The van der Waals surface area contributed by atoms with Crippen molar-refractivity contribution in [3.63, 3.8) is 0 Å². The zero-order valence-corrected chi connectivity index (χ0v) is 15.8. The maximum atomic E-state index is 14.1. The average Bonchev–Trinajstić information content (AvgIpc) is 2.61. The molecule has 9 heteroatoms. The molecular weight excluding hydrogens is 397 g/mol. The molecule has 150 valence electrons. The smallest absolute Gasteiger partial charge is 0.416 e. The lowest BCUT2D eigenvalue weighted by Gasteiger charge is -2.36. The number of methoxy groups -OCH3 is 1. The number of halogens is 4. The van der Waals surface area contributed by atoms with Gasteiger partial charge in [0.05, 0.1) is 7.11 Å². The van der Waals surface area contributed by atoms with Crippen LogP contribution in [0.4, 0.5) is 23.7 Å². The highest BCUT2D eigenvalue weighted by molar-refractivity contribution is 6.30. The van der Waals surface area contributed by atoms with Crippen molar-refractivity contribution < 1.29 is 27.5 Å². The van der Waals surface area contributed by atoms with Crippen LogP contribution in [0.2, 0.25) is 5.02 Å². The molecule has 0 aromatic heterocycles. The molecule has 0 spiro atoms. The average molecular weight is 415 g/mol. The lowest BCUT2D eigenvalue weighted by molar-refractivity contribution is -0.199. The molecule has 0 aliphatic rings. The zero-order chi connectivity index (χ0) is 20.9. The van der Waals surface area contributed by atoms with Crippen LogP contribution < -0.4 is 15.4 Å². The number of rotatable bonds is 6. The van der Waals surface area contributed by atoms with Gasteiger partial charge in [-0.1, -0.05) is 23.7 Å². The largest absolute Gasteiger partial charge is 0.497 e. The molecule has 0 saturated carbocycles. The molecule has 2 aromatic carbocycles. The van der Waals surface area contributed by atoms with Crippen LogP contribution in [0.25, 0.3) is 0 Å². The second-order valence-electron chi connectivity index (χ2n) is 6.10. The second-order valence-corrected chi connectivity index (χ2v) is 6.53. The molecule has 5 nitrogen and oxygen atoms in total. The Morgan fingerprint density at radius 1 is 1.04 bits per heavy atom. The Bertz CT molecular complexity index is 839. The summed E-state index contributed by atoms with van der Waals surface area (Å²) >= 11 is 5.75. The number of ketones is 1. The molecule has 28 heavy (non-hydrogen) atoms. The van der Waals surface area contributed by atoms with Crippen molar-refractivity contribution in [2.45, 2.75) is 25.1 Å². The molecule has 1 unspecified atom stereocenters. The van der Waals surface area contributed by atoms with Crippen molar-refractivity contribution in [2.24, 2.45) is 0 Å². The summed E-state index contributed by atoms with van der Waals surface area (Å²) in [6.45, 7) is 1.03. The van der Waals surface area contributed by atoms with E-state index < -0.39 is 30.0 Å².